The maximum Gasteiger partial charge on any atom is 0.278 e. The quantitative estimate of drug-likeness (QED) is 0.875. The zero-order valence-electron chi connectivity index (χ0n) is 13.7. The summed E-state index contributed by atoms with van der Waals surface area (Å²) in [6.45, 7) is 4.24. The first-order valence-electron chi connectivity index (χ1n) is 7.82. The monoisotopic (exact) mass is 325 g/mol. The van der Waals surface area contributed by atoms with Crippen molar-refractivity contribution in [2.45, 2.75) is 26.0 Å². The molecule has 3 rings (SSSR count). The third kappa shape index (κ3) is 2.82. The fraction of sp³-hybridized carbons (Fsp3) is 0.278. The lowest BCUT2D eigenvalue weighted by Gasteiger charge is -2.36. The van der Waals surface area contributed by atoms with Gasteiger partial charge in [0.25, 0.3) is 17.4 Å². The van der Waals surface area contributed by atoms with Gasteiger partial charge in [0.15, 0.2) is 0 Å². The summed E-state index contributed by atoms with van der Waals surface area (Å²) in [6, 6.07) is 10.8. The Morgan fingerprint density at radius 1 is 1.25 bits per heavy atom. The molecular formula is C18H19N3O3. The highest BCUT2D eigenvalue weighted by Crippen LogP contribution is 2.34. The Bertz CT molecular complexity index is 763. The van der Waals surface area contributed by atoms with E-state index in [1.807, 2.05) is 19.1 Å². The van der Waals surface area contributed by atoms with Crippen molar-refractivity contribution in [1.29, 1.82) is 0 Å². The summed E-state index contributed by atoms with van der Waals surface area (Å²) < 4.78 is 5.80. The number of nitrogens with zero attached hydrogens (tertiary/aromatic N) is 2. The van der Waals surface area contributed by atoms with E-state index in [1.165, 1.54) is 6.92 Å². The average Bonchev–Trinajstić information content (AvgIpc) is 2.61. The van der Waals surface area contributed by atoms with Gasteiger partial charge < -0.3 is 15.0 Å². The molecule has 0 saturated carbocycles. The fourth-order valence-corrected chi connectivity index (χ4v) is 2.65. The van der Waals surface area contributed by atoms with Crippen molar-refractivity contribution in [2.24, 2.45) is 0 Å². The molecule has 1 aromatic carbocycles. The second-order valence-corrected chi connectivity index (χ2v) is 5.76. The molecule has 6 heteroatoms. The molecule has 2 heterocycles. The van der Waals surface area contributed by atoms with Crippen molar-refractivity contribution < 1.29 is 14.3 Å². The van der Waals surface area contributed by atoms with E-state index in [-0.39, 0.29) is 5.91 Å². The number of fused-ring (bicyclic) bond motifs is 1. The second-order valence-electron chi connectivity index (χ2n) is 5.76. The standard InChI is InChI=1S/C18H19N3O3/c1-3-21(12-13-8-10-19-11-9-13)17(23)18(2)16(22)20-14-6-4-5-7-15(14)24-18/h4-11H,3,12H2,1-2H3,(H,20,22). The molecule has 0 saturated heterocycles. The highest BCUT2D eigenvalue weighted by molar-refractivity contribution is 6.15. The second kappa shape index (κ2) is 6.31. The van der Waals surface area contributed by atoms with Crippen LogP contribution in [0.25, 0.3) is 0 Å². The van der Waals surface area contributed by atoms with E-state index >= 15 is 0 Å². The van der Waals surface area contributed by atoms with Gasteiger partial charge in [0.2, 0.25) is 0 Å². The number of amides is 2. The third-order valence-corrected chi connectivity index (χ3v) is 4.08. The average molecular weight is 325 g/mol. The number of ether oxygens (including phenoxy) is 1. The lowest BCUT2D eigenvalue weighted by atomic mass is 10.0. The van der Waals surface area contributed by atoms with Crippen LogP contribution in [0, 0.1) is 0 Å². The van der Waals surface area contributed by atoms with Crippen LogP contribution in [0.4, 0.5) is 5.69 Å². The van der Waals surface area contributed by atoms with E-state index in [9.17, 15) is 9.59 Å². The van der Waals surface area contributed by atoms with Crippen molar-refractivity contribution in [3.8, 4) is 5.75 Å². The summed E-state index contributed by atoms with van der Waals surface area (Å²) >= 11 is 0. The Morgan fingerprint density at radius 2 is 1.96 bits per heavy atom. The number of benzene rings is 1. The molecule has 1 aromatic heterocycles. The van der Waals surface area contributed by atoms with Gasteiger partial charge in [0, 0.05) is 25.5 Å². The summed E-state index contributed by atoms with van der Waals surface area (Å²) in [5.41, 5.74) is -0.0671. The molecule has 2 amide bonds. The van der Waals surface area contributed by atoms with Crippen molar-refractivity contribution in [3.63, 3.8) is 0 Å². The van der Waals surface area contributed by atoms with Crippen LogP contribution in [0.2, 0.25) is 0 Å². The first kappa shape index (κ1) is 16.0. The topological polar surface area (TPSA) is 71.5 Å². The highest BCUT2D eigenvalue weighted by Gasteiger charge is 2.49. The van der Waals surface area contributed by atoms with Crippen LogP contribution in [0.5, 0.6) is 5.75 Å². The first-order valence-corrected chi connectivity index (χ1v) is 7.82. The normalized spacial score (nSPS) is 19.0. The number of hydrogen-bond donors (Lipinski definition) is 1. The van der Waals surface area contributed by atoms with Crippen LogP contribution in [0.3, 0.4) is 0 Å². The van der Waals surface area contributed by atoms with Gasteiger partial charge in [-0.2, -0.15) is 0 Å². The third-order valence-electron chi connectivity index (χ3n) is 4.08. The molecule has 0 aliphatic carbocycles. The minimum absolute atomic E-state index is 0.367. The minimum Gasteiger partial charge on any atom is -0.466 e. The van der Waals surface area contributed by atoms with Gasteiger partial charge in [-0.25, -0.2) is 0 Å². The number of aromatic nitrogens is 1. The van der Waals surface area contributed by atoms with E-state index < -0.39 is 11.5 Å². The number of carbonyl (C=O) groups is 2. The SMILES string of the molecule is CCN(Cc1ccncc1)C(=O)C1(C)Oc2ccccc2NC1=O. The van der Waals surface area contributed by atoms with Crippen LogP contribution in [-0.2, 0) is 16.1 Å². The molecule has 1 N–H and O–H groups in total. The van der Waals surface area contributed by atoms with Crippen molar-refractivity contribution >= 4 is 17.5 Å². The fourth-order valence-electron chi connectivity index (χ4n) is 2.65. The number of rotatable bonds is 4. The van der Waals surface area contributed by atoms with E-state index in [4.69, 9.17) is 4.74 Å². The summed E-state index contributed by atoms with van der Waals surface area (Å²) in [6.07, 6.45) is 3.35. The Balaban J connectivity index is 1.85. The van der Waals surface area contributed by atoms with Gasteiger partial charge in [-0.3, -0.25) is 14.6 Å². The first-order chi connectivity index (χ1) is 11.5. The Morgan fingerprint density at radius 3 is 2.67 bits per heavy atom. The molecular weight excluding hydrogens is 306 g/mol. The summed E-state index contributed by atoms with van der Waals surface area (Å²) in [5, 5.41) is 2.75. The molecule has 1 aliphatic heterocycles. The van der Waals surface area contributed by atoms with E-state index in [0.717, 1.165) is 5.56 Å². The van der Waals surface area contributed by atoms with Crippen molar-refractivity contribution in [3.05, 3.63) is 54.4 Å². The Kier molecular flexibility index (Phi) is 4.20. The molecule has 1 aliphatic rings. The molecule has 1 atom stereocenters. The molecule has 24 heavy (non-hydrogen) atoms. The van der Waals surface area contributed by atoms with Gasteiger partial charge in [0.1, 0.15) is 5.75 Å². The number of anilines is 1. The number of carbonyl (C=O) groups excluding carboxylic acids is 2. The molecule has 6 nitrogen and oxygen atoms in total. The van der Waals surface area contributed by atoms with Crippen molar-refractivity contribution in [1.82, 2.24) is 9.88 Å². The van der Waals surface area contributed by atoms with E-state index in [0.29, 0.717) is 24.5 Å². The largest absolute Gasteiger partial charge is 0.466 e. The maximum absolute atomic E-state index is 13.0. The molecule has 124 valence electrons. The zero-order valence-corrected chi connectivity index (χ0v) is 13.7. The number of hydrogen-bond acceptors (Lipinski definition) is 4. The van der Waals surface area contributed by atoms with Gasteiger partial charge in [-0.1, -0.05) is 12.1 Å². The molecule has 0 bridgehead atoms. The molecule has 1 unspecified atom stereocenters. The maximum atomic E-state index is 13.0. The number of nitrogens with one attached hydrogen (secondary N) is 1. The van der Waals surface area contributed by atoms with Crippen LogP contribution < -0.4 is 10.1 Å². The molecule has 0 radical (unpaired) electrons. The summed E-state index contributed by atoms with van der Waals surface area (Å²) in [7, 11) is 0. The number of para-hydroxylation sites is 2. The van der Waals surface area contributed by atoms with Crippen LogP contribution in [0.1, 0.15) is 19.4 Å². The van der Waals surface area contributed by atoms with E-state index in [2.05, 4.69) is 10.3 Å². The zero-order chi connectivity index (χ0) is 17.2. The molecule has 0 fully saturated rings. The summed E-state index contributed by atoms with van der Waals surface area (Å²) in [5.74, 6) is -0.332. The van der Waals surface area contributed by atoms with Crippen molar-refractivity contribution in [2.75, 3.05) is 11.9 Å². The Labute approximate surface area is 140 Å². The van der Waals surface area contributed by atoms with Gasteiger partial charge >= 0.3 is 0 Å². The molecule has 2 aromatic rings. The lowest BCUT2D eigenvalue weighted by Crippen LogP contribution is -2.59. The predicted molar refractivity (Wildman–Crippen MR) is 89.4 cm³/mol. The summed E-state index contributed by atoms with van der Waals surface area (Å²) in [4.78, 5) is 31.1. The smallest absolute Gasteiger partial charge is 0.278 e. The predicted octanol–water partition coefficient (Wildman–Crippen LogP) is 2.22. The number of pyridine rings is 1. The van der Waals surface area contributed by atoms with Crippen LogP contribution in [-0.4, -0.2) is 33.8 Å². The van der Waals surface area contributed by atoms with Gasteiger partial charge in [0.05, 0.1) is 5.69 Å². The minimum atomic E-state index is -1.59. The van der Waals surface area contributed by atoms with Gasteiger partial charge in [-0.15, -0.1) is 0 Å². The molecule has 0 spiro atoms. The lowest BCUT2D eigenvalue weighted by molar-refractivity contribution is -0.154. The number of likely N-dealkylation sites (N-methyl/N-ethyl adjacent to an activating group) is 1. The van der Waals surface area contributed by atoms with Gasteiger partial charge in [-0.05, 0) is 43.7 Å². The van der Waals surface area contributed by atoms with Crippen LogP contribution in [0.15, 0.2) is 48.8 Å². The van der Waals surface area contributed by atoms with Crippen LogP contribution >= 0.6 is 0 Å². The van der Waals surface area contributed by atoms with E-state index in [1.54, 1.807) is 41.6 Å². The highest BCUT2D eigenvalue weighted by atomic mass is 16.5. The Hall–Kier alpha value is -2.89.